The van der Waals surface area contributed by atoms with Crippen LogP contribution in [0.2, 0.25) is 0 Å². The van der Waals surface area contributed by atoms with Gasteiger partial charge in [0.1, 0.15) is 0 Å². The average Bonchev–Trinajstić information content (AvgIpc) is 2.53. The van der Waals surface area contributed by atoms with Crippen molar-refractivity contribution in [2.24, 2.45) is 11.3 Å². The van der Waals surface area contributed by atoms with Gasteiger partial charge in [0.05, 0.1) is 12.2 Å². The Labute approximate surface area is 107 Å². The van der Waals surface area contributed by atoms with Crippen molar-refractivity contribution in [2.45, 2.75) is 77.5 Å². The van der Waals surface area contributed by atoms with E-state index in [9.17, 15) is 0 Å². The van der Waals surface area contributed by atoms with Gasteiger partial charge < -0.3 is 10.1 Å². The molecular formula is C15H29NO. The van der Waals surface area contributed by atoms with Gasteiger partial charge in [-0.15, -0.1) is 0 Å². The highest BCUT2D eigenvalue weighted by Crippen LogP contribution is 2.40. The van der Waals surface area contributed by atoms with Crippen LogP contribution < -0.4 is 5.32 Å². The summed E-state index contributed by atoms with van der Waals surface area (Å²) in [7, 11) is 2.08. The fourth-order valence-electron chi connectivity index (χ4n) is 3.81. The van der Waals surface area contributed by atoms with Crippen LogP contribution in [0.25, 0.3) is 0 Å². The number of likely N-dealkylation sites (N-methyl/N-ethyl adjacent to an activating group) is 1. The van der Waals surface area contributed by atoms with Crippen molar-refractivity contribution in [3.63, 3.8) is 0 Å². The summed E-state index contributed by atoms with van der Waals surface area (Å²) in [5.74, 6) is 0.858. The lowest BCUT2D eigenvalue weighted by molar-refractivity contribution is -0.0513. The Hall–Kier alpha value is -0.0800. The topological polar surface area (TPSA) is 21.3 Å². The second kappa shape index (κ2) is 5.27. The van der Waals surface area contributed by atoms with Crippen molar-refractivity contribution < 1.29 is 4.74 Å². The second-order valence-electron chi connectivity index (χ2n) is 6.86. The first-order chi connectivity index (χ1) is 8.03. The quantitative estimate of drug-likeness (QED) is 0.815. The summed E-state index contributed by atoms with van der Waals surface area (Å²) in [6, 6.07) is 0.528. The van der Waals surface area contributed by atoms with Crippen LogP contribution in [-0.2, 0) is 4.74 Å². The molecule has 2 nitrogen and oxygen atoms in total. The minimum atomic E-state index is 0.389. The molecule has 1 N–H and O–H groups in total. The second-order valence-corrected chi connectivity index (χ2v) is 6.86. The molecule has 0 saturated heterocycles. The molecule has 2 fully saturated rings. The number of hydrogen-bond acceptors (Lipinski definition) is 2. The highest BCUT2D eigenvalue weighted by Gasteiger charge is 2.42. The maximum Gasteiger partial charge on any atom is 0.0737 e. The summed E-state index contributed by atoms with van der Waals surface area (Å²) < 4.78 is 6.40. The zero-order valence-corrected chi connectivity index (χ0v) is 12.0. The fourth-order valence-corrected chi connectivity index (χ4v) is 3.81. The largest absolute Gasteiger partial charge is 0.373 e. The van der Waals surface area contributed by atoms with Crippen molar-refractivity contribution in [3.8, 4) is 0 Å². The van der Waals surface area contributed by atoms with Gasteiger partial charge in [-0.05, 0) is 44.1 Å². The van der Waals surface area contributed by atoms with Crippen LogP contribution >= 0.6 is 0 Å². The molecule has 0 aromatic rings. The Bertz CT molecular complexity index is 251. The van der Waals surface area contributed by atoms with Gasteiger partial charge in [-0.25, -0.2) is 0 Å². The minimum Gasteiger partial charge on any atom is -0.373 e. The highest BCUT2D eigenvalue weighted by molar-refractivity contribution is 4.97. The molecule has 100 valence electrons. The molecule has 0 aliphatic heterocycles. The monoisotopic (exact) mass is 239 g/mol. The highest BCUT2D eigenvalue weighted by atomic mass is 16.5. The van der Waals surface area contributed by atoms with Gasteiger partial charge in [0.2, 0.25) is 0 Å². The summed E-state index contributed by atoms with van der Waals surface area (Å²) in [5, 5.41) is 3.48. The third kappa shape index (κ3) is 3.03. The van der Waals surface area contributed by atoms with E-state index in [0.29, 0.717) is 23.7 Å². The maximum atomic E-state index is 6.40. The van der Waals surface area contributed by atoms with E-state index in [1.807, 2.05) is 0 Å². The molecule has 17 heavy (non-hydrogen) atoms. The van der Waals surface area contributed by atoms with E-state index in [0.717, 1.165) is 5.92 Å². The Kier molecular flexibility index (Phi) is 4.14. The smallest absolute Gasteiger partial charge is 0.0737 e. The van der Waals surface area contributed by atoms with Crippen LogP contribution in [0.4, 0.5) is 0 Å². The lowest BCUT2D eigenvalue weighted by atomic mass is 9.86. The van der Waals surface area contributed by atoms with Gasteiger partial charge in [-0.1, -0.05) is 33.6 Å². The molecular weight excluding hydrogens is 210 g/mol. The van der Waals surface area contributed by atoms with E-state index >= 15 is 0 Å². The molecule has 4 unspecified atom stereocenters. The number of rotatable bonds is 3. The molecule has 0 bridgehead atoms. The van der Waals surface area contributed by atoms with Gasteiger partial charge in [0, 0.05) is 6.04 Å². The molecule has 4 atom stereocenters. The molecule has 2 rings (SSSR count). The summed E-state index contributed by atoms with van der Waals surface area (Å²) in [5.41, 5.74) is 0.389. The molecule has 2 heteroatoms. The number of ether oxygens (including phenoxy) is 1. The molecule has 0 aromatic carbocycles. The third-order valence-electron chi connectivity index (χ3n) is 4.85. The molecule has 2 saturated carbocycles. The van der Waals surface area contributed by atoms with E-state index < -0.39 is 0 Å². The Balaban J connectivity index is 1.90. The first-order valence-electron chi connectivity index (χ1n) is 7.35. The van der Waals surface area contributed by atoms with Crippen LogP contribution in [-0.4, -0.2) is 25.3 Å². The van der Waals surface area contributed by atoms with Crippen molar-refractivity contribution in [1.29, 1.82) is 0 Å². The zero-order valence-electron chi connectivity index (χ0n) is 12.0. The molecule has 0 aromatic heterocycles. The van der Waals surface area contributed by atoms with E-state index in [1.54, 1.807) is 0 Å². The van der Waals surface area contributed by atoms with Crippen molar-refractivity contribution in [2.75, 3.05) is 7.05 Å². The van der Waals surface area contributed by atoms with Crippen LogP contribution in [0.1, 0.15) is 59.3 Å². The molecule has 0 radical (unpaired) electrons. The average molecular weight is 239 g/mol. The lowest BCUT2D eigenvalue weighted by Crippen LogP contribution is -2.45. The first-order valence-corrected chi connectivity index (χ1v) is 7.35. The van der Waals surface area contributed by atoms with Crippen molar-refractivity contribution in [1.82, 2.24) is 5.32 Å². The Morgan fingerprint density at radius 2 is 1.94 bits per heavy atom. The van der Waals surface area contributed by atoms with E-state index in [-0.39, 0.29) is 0 Å². The van der Waals surface area contributed by atoms with Gasteiger partial charge in [-0.2, -0.15) is 0 Å². The number of nitrogens with one attached hydrogen (secondary N) is 1. The van der Waals surface area contributed by atoms with Crippen LogP contribution in [0.5, 0.6) is 0 Å². The predicted octanol–water partition coefficient (Wildman–Crippen LogP) is 3.36. The fraction of sp³-hybridized carbons (Fsp3) is 1.00. The maximum absolute atomic E-state index is 6.40. The molecule has 0 heterocycles. The van der Waals surface area contributed by atoms with Crippen molar-refractivity contribution >= 4 is 0 Å². The predicted molar refractivity (Wildman–Crippen MR) is 72.2 cm³/mol. The number of hydrogen-bond donors (Lipinski definition) is 1. The van der Waals surface area contributed by atoms with E-state index in [4.69, 9.17) is 4.74 Å². The summed E-state index contributed by atoms with van der Waals surface area (Å²) >= 11 is 0. The van der Waals surface area contributed by atoms with Gasteiger partial charge in [-0.3, -0.25) is 0 Å². The zero-order chi connectivity index (χ0) is 12.5. The standard InChI is InChI=1S/C15H29NO/c1-11-6-5-7-12(10-11)17-13-8-9-15(2,3)14(13)16-4/h11-14,16H,5-10H2,1-4H3. The first kappa shape index (κ1) is 13.4. The summed E-state index contributed by atoms with van der Waals surface area (Å²) in [6.07, 6.45) is 8.76. The van der Waals surface area contributed by atoms with Crippen molar-refractivity contribution in [3.05, 3.63) is 0 Å². The van der Waals surface area contributed by atoms with Crippen LogP contribution in [0, 0.1) is 11.3 Å². The van der Waals surface area contributed by atoms with Gasteiger partial charge >= 0.3 is 0 Å². The molecule has 2 aliphatic carbocycles. The molecule has 0 spiro atoms. The summed E-state index contributed by atoms with van der Waals surface area (Å²) in [6.45, 7) is 7.09. The van der Waals surface area contributed by atoms with Gasteiger partial charge in [0.25, 0.3) is 0 Å². The van der Waals surface area contributed by atoms with E-state index in [2.05, 4.69) is 33.1 Å². The third-order valence-corrected chi connectivity index (χ3v) is 4.85. The normalized spacial score (nSPS) is 41.6. The minimum absolute atomic E-state index is 0.389. The van der Waals surface area contributed by atoms with Crippen LogP contribution in [0.15, 0.2) is 0 Å². The van der Waals surface area contributed by atoms with Crippen LogP contribution in [0.3, 0.4) is 0 Å². The molecule has 0 amide bonds. The van der Waals surface area contributed by atoms with Gasteiger partial charge in [0.15, 0.2) is 0 Å². The lowest BCUT2D eigenvalue weighted by Gasteiger charge is -2.34. The summed E-state index contributed by atoms with van der Waals surface area (Å²) in [4.78, 5) is 0. The SMILES string of the molecule is CNC1C(OC2CCCC(C)C2)CCC1(C)C. The Morgan fingerprint density at radius 1 is 1.18 bits per heavy atom. The Morgan fingerprint density at radius 3 is 2.59 bits per heavy atom. The van der Waals surface area contributed by atoms with E-state index in [1.165, 1.54) is 38.5 Å². The molecule has 2 aliphatic rings.